The number of amides is 1. The summed E-state index contributed by atoms with van der Waals surface area (Å²) in [6.45, 7) is 7.57. The Hall–Kier alpha value is -1.40. The Morgan fingerprint density at radius 3 is 2.55 bits per heavy atom. The van der Waals surface area contributed by atoms with Crippen molar-refractivity contribution >= 4 is 15.9 Å². The fourth-order valence-corrected chi connectivity index (χ4v) is 3.28. The smallest absolute Gasteiger partial charge is 0.241 e. The van der Waals surface area contributed by atoms with Gasteiger partial charge in [-0.1, -0.05) is 19.1 Å². The highest BCUT2D eigenvalue weighted by Crippen LogP contribution is 2.16. The van der Waals surface area contributed by atoms with Crippen molar-refractivity contribution in [3.05, 3.63) is 29.3 Å². The van der Waals surface area contributed by atoms with Gasteiger partial charge in [0.25, 0.3) is 0 Å². The molecule has 20 heavy (non-hydrogen) atoms. The van der Waals surface area contributed by atoms with Gasteiger partial charge in [-0.2, -0.15) is 4.72 Å². The lowest BCUT2D eigenvalue weighted by Gasteiger charge is -2.15. The first-order valence-corrected chi connectivity index (χ1v) is 8.13. The molecular formula is C14H22N2O3S. The maximum atomic E-state index is 12.3. The maximum Gasteiger partial charge on any atom is 0.241 e. The zero-order valence-electron chi connectivity index (χ0n) is 12.4. The Morgan fingerprint density at radius 1 is 1.30 bits per heavy atom. The van der Waals surface area contributed by atoms with E-state index in [4.69, 9.17) is 0 Å². The number of carbonyl (C=O) groups is 1. The Labute approximate surface area is 120 Å². The summed E-state index contributed by atoms with van der Waals surface area (Å²) in [5, 5.41) is 2.67. The lowest BCUT2D eigenvalue weighted by molar-refractivity contribution is -0.122. The molecule has 1 atom stereocenters. The van der Waals surface area contributed by atoms with Crippen LogP contribution in [0.2, 0.25) is 0 Å². The SMILES string of the molecule is CCCNC(=O)[C@H](C)NS(=O)(=O)c1cc(C)ccc1C. The summed E-state index contributed by atoms with van der Waals surface area (Å²) in [4.78, 5) is 11.9. The highest BCUT2D eigenvalue weighted by atomic mass is 32.2. The fourth-order valence-electron chi connectivity index (χ4n) is 1.75. The van der Waals surface area contributed by atoms with Gasteiger partial charge in [0.05, 0.1) is 10.9 Å². The lowest BCUT2D eigenvalue weighted by atomic mass is 10.2. The van der Waals surface area contributed by atoms with Crippen LogP contribution in [0.1, 0.15) is 31.4 Å². The summed E-state index contributed by atoms with van der Waals surface area (Å²) in [7, 11) is -3.69. The van der Waals surface area contributed by atoms with Crippen LogP contribution in [0, 0.1) is 13.8 Å². The highest BCUT2D eigenvalue weighted by molar-refractivity contribution is 7.89. The summed E-state index contributed by atoms with van der Waals surface area (Å²) in [6.07, 6.45) is 0.808. The van der Waals surface area contributed by atoms with E-state index < -0.39 is 16.1 Å². The molecule has 0 fully saturated rings. The quantitative estimate of drug-likeness (QED) is 0.835. The van der Waals surface area contributed by atoms with Crippen LogP contribution in [0.25, 0.3) is 0 Å². The molecule has 0 saturated heterocycles. The third-order valence-corrected chi connectivity index (χ3v) is 4.59. The molecule has 0 aliphatic carbocycles. The average Bonchev–Trinajstić information content (AvgIpc) is 2.38. The monoisotopic (exact) mass is 298 g/mol. The van der Waals surface area contributed by atoms with Gasteiger partial charge in [-0.15, -0.1) is 0 Å². The minimum absolute atomic E-state index is 0.215. The topological polar surface area (TPSA) is 75.3 Å². The number of hydrogen-bond donors (Lipinski definition) is 2. The normalized spacial score (nSPS) is 13.0. The molecule has 5 nitrogen and oxygen atoms in total. The molecule has 0 saturated carbocycles. The molecule has 6 heteroatoms. The second kappa shape index (κ2) is 6.85. The number of aryl methyl sites for hydroxylation is 2. The van der Waals surface area contributed by atoms with Crippen LogP contribution in [0.3, 0.4) is 0 Å². The predicted molar refractivity (Wildman–Crippen MR) is 79.0 cm³/mol. The number of carbonyl (C=O) groups excluding carboxylic acids is 1. The second-order valence-corrected chi connectivity index (χ2v) is 6.59. The standard InChI is InChI=1S/C14H22N2O3S/c1-5-8-15-14(17)12(4)16-20(18,19)13-9-10(2)6-7-11(13)3/h6-7,9,12,16H,5,8H2,1-4H3,(H,15,17)/t12-/m0/s1. The van der Waals surface area contributed by atoms with E-state index >= 15 is 0 Å². The van der Waals surface area contributed by atoms with Crippen molar-refractivity contribution in [3.63, 3.8) is 0 Å². The van der Waals surface area contributed by atoms with Gasteiger partial charge in [0.2, 0.25) is 15.9 Å². The van der Waals surface area contributed by atoms with Crippen molar-refractivity contribution in [3.8, 4) is 0 Å². The van der Waals surface area contributed by atoms with Crippen LogP contribution in [-0.2, 0) is 14.8 Å². The molecule has 0 radical (unpaired) electrons. The molecule has 2 N–H and O–H groups in total. The summed E-state index contributed by atoms with van der Waals surface area (Å²) in [5.41, 5.74) is 1.52. The minimum atomic E-state index is -3.69. The molecule has 1 amide bonds. The minimum Gasteiger partial charge on any atom is -0.355 e. The van der Waals surface area contributed by atoms with Crippen molar-refractivity contribution in [2.45, 2.75) is 45.1 Å². The van der Waals surface area contributed by atoms with Crippen molar-refractivity contribution in [2.75, 3.05) is 6.54 Å². The fraction of sp³-hybridized carbons (Fsp3) is 0.500. The third-order valence-electron chi connectivity index (χ3n) is 2.91. The van der Waals surface area contributed by atoms with E-state index in [0.29, 0.717) is 12.1 Å². The Balaban J connectivity index is 2.89. The van der Waals surface area contributed by atoms with E-state index in [1.165, 1.54) is 6.92 Å². The zero-order valence-corrected chi connectivity index (χ0v) is 13.2. The summed E-state index contributed by atoms with van der Waals surface area (Å²) in [6, 6.07) is 4.41. The van der Waals surface area contributed by atoms with Crippen LogP contribution < -0.4 is 10.0 Å². The Bertz CT molecular complexity index is 582. The van der Waals surface area contributed by atoms with Gasteiger partial charge in [0.1, 0.15) is 0 Å². The maximum absolute atomic E-state index is 12.3. The van der Waals surface area contributed by atoms with E-state index in [0.717, 1.165) is 12.0 Å². The van der Waals surface area contributed by atoms with Crippen molar-refractivity contribution in [1.29, 1.82) is 0 Å². The molecule has 0 spiro atoms. The molecule has 0 aliphatic rings. The van der Waals surface area contributed by atoms with Crippen LogP contribution in [0.4, 0.5) is 0 Å². The van der Waals surface area contributed by atoms with E-state index in [9.17, 15) is 13.2 Å². The number of sulfonamides is 1. The molecule has 1 aromatic carbocycles. The number of nitrogens with one attached hydrogen (secondary N) is 2. The van der Waals surface area contributed by atoms with Gasteiger partial charge >= 0.3 is 0 Å². The zero-order chi connectivity index (χ0) is 15.3. The first kappa shape index (κ1) is 16.7. The van der Waals surface area contributed by atoms with Crippen molar-refractivity contribution < 1.29 is 13.2 Å². The first-order chi connectivity index (χ1) is 9.27. The summed E-state index contributed by atoms with van der Waals surface area (Å²) >= 11 is 0. The van der Waals surface area contributed by atoms with Gasteiger partial charge in [-0.3, -0.25) is 4.79 Å². The van der Waals surface area contributed by atoms with E-state index in [1.54, 1.807) is 19.1 Å². The van der Waals surface area contributed by atoms with E-state index in [2.05, 4.69) is 10.0 Å². The molecule has 1 aromatic rings. The largest absolute Gasteiger partial charge is 0.355 e. The van der Waals surface area contributed by atoms with E-state index in [1.807, 2.05) is 19.9 Å². The van der Waals surface area contributed by atoms with Crippen molar-refractivity contribution in [1.82, 2.24) is 10.0 Å². The molecule has 0 aliphatic heterocycles. The molecular weight excluding hydrogens is 276 g/mol. The second-order valence-electron chi connectivity index (χ2n) is 4.90. The van der Waals surface area contributed by atoms with Crippen LogP contribution in [-0.4, -0.2) is 26.9 Å². The van der Waals surface area contributed by atoms with Gasteiger partial charge < -0.3 is 5.32 Å². The molecule has 0 unspecified atom stereocenters. The predicted octanol–water partition coefficient (Wildman–Crippen LogP) is 1.50. The van der Waals surface area contributed by atoms with Crippen molar-refractivity contribution in [2.24, 2.45) is 0 Å². The Morgan fingerprint density at radius 2 is 1.95 bits per heavy atom. The molecule has 0 aromatic heterocycles. The number of rotatable bonds is 6. The van der Waals surface area contributed by atoms with Gasteiger partial charge in [0, 0.05) is 6.54 Å². The van der Waals surface area contributed by atoms with Crippen LogP contribution in [0.5, 0.6) is 0 Å². The summed E-state index contributed by atoms with van der Waals surface area (Å²) in [5.74, 6) is -0.319. The summed E-state index contributed by atoms with van der Waals surface area (Å²) < 4.78 is 27.0. The van der Waals surface area contributed by atoms with Gasteiger partial charge in [-0.05, 0) is 44.4 Å². The first-order valence-electron chi connectivity index (χ1n) is 6.65. The molecule has 1 rings (SSSR count). The lowest BCUT2D eigenvalue weighted by Crippen LogP contribution is -2.45. The number of benzene rings is 1. The Kier molecular flexibility index (Phi) is 5.71. The van der Waals surface area contributed by atoms with Crippen LogP contribution in [0.15, 0.2) is 23.1 Å². The third kappa shape index (κ3) is 4.31. The van der Waals surface area contributed by atoms with Crippen LogP contribution >= 0.6 is 0 Å². The van der Waals surface area contributed by atoms with Gasteiger partial charge in [-0.25, -0.2) is 8.42 Å². The molecule has 112 valence electrons. The van der Waals surface area contributed by atoms with Gasteiger partial charge in [0.15, 0.2) is 0 Å². The number of hydrogen-bond acceptors (Lipinski definition) is 3. The molecule has 0 bridgehead atoms. The highest BCUT2D eigenvalue weighted by Gasteiger charge is 2.23. The molecule has 0 heterocycles. The van der Waals surface area contributed by atoms with E-state index in [-0.39, 0.29) is 10.8 Å². The average molecular weight is 298 g/mol.